The first-order chi connectivity index (χ1) is 14.1. The van der Waals surface area contributed by atoms with E-state index in [2.05, 4.69) is 30.9 Å². The van der Waals surface area contributed by atoms with Crippen molar-refractivity contribution in [2.45, 2.75) is 58.6 Å². The van der Waals surface area contributed by atoms with Crippen LogP contribution in [0.3, 0.4) is 0 Å². The smallest absolute Gasteiger partial charge is 0.337 e. The van der Waals surface area contributed by atoms with E-state index in [1.165, 1.54) is 25.0 Å². The highest BCUT2D eigenvalue weighted by molar-refractivity contribution is 5.78. The van der Waals surface area contributed by atoms with E-state index < -0.39 is 11.6 Å². The van der Waals surface area contributed by atoms with Gasteiger partial charge in [-0.1, -0.05) is 13.8 Å². The zero-order chi connectivity index (χ0) is 22.1. The average Bonchev–Trinajstić information content (AvgIpc) is 2.69. The Hall–Kier alpha value is -1.79. The summed E-state index contributed by atoms with van der Waals surface area (Å²) >= 11 is 0. The van der Waals surface area contributed by atoms with Crippen molar-refractivity contribution in [2.75, 3.05) is 33.9 Å². The molecular weight excluding hydrogens is 382 g/mol. The lowest BCUT2D eigenvalue weighted by Gasteiger charge is -2.47. The third kappa shape index (κ3) is 4.92. The molecule has 3 unspecified atom stereocenters. The lowest BCUT2D eigenvalue weighted by atomic mass is 9.74. The number of fused-ring (bicyclic) bond motifs is 3. The van der Waals surface area contributed by atoms with Crippen LogP contribution >= 0.6 is 0 Å². The molecule has 0 spiro atoms. The maximum atomic E-state index is 12.2. The number of aliphatic hydroxyl groups is 1. The number of esters is 1. The Morgan fingerprint density at radius 3 is 2.47 bits per heavy atom. The SMILES string of the molecule is COc1cc2c(cc1OC)C1CC(COC(=O)C(C)(C)O)C(CC(C)C)CN1CC2. The molecule has 3 atom stereocenters. The summed E-state index contributed by atoms with van der Waals surface area (Å²) in [5.74, 6) is 2.29. The second kappa shape index (κ2) is 9.15. The van der Waals surface area contributed by atoms with Gasteiger partial charge < -0.3 is 19.3 Å². The summed E-state index contributed by atoms with van der Waals surface area (Å²) in [4.78, 5) is 14.7. The summed E-state index contributed by atoms with van der Waals surface area (Å²) in [6.07, 6.45) is 3.03. The summed E-state index contributed by atoms with van der Waals surface area (Å²) in [7, 11) is 3.34. The maximum absolute atomic E-state index is 12.2. The number of hydrogen-bond acceptors (Lipinski definition) is 6. The predicted octanol–water partition coefficient (Wildman–Crippen LogP) is 3.60. The van der Waals surface area contributed by atoms with Gasteiger partial charge in [-0.3, -0.25) is 4.90 Å². The molecule has 0 aliphatic carbocycles. The molecule has 2 aliphatic rings. The highest BCUT2D eigenvalue weighted by Crippen LogP contribution is 2.45. The highest BCUT2D eigenvalue weighted by atomic mass is 16.5. The largest absolute Gasteiger partial charge is 0.493 e. The van der Waals surface area contributed by atoms with Crippen LogP contribution in [-0.4, -0.2) is 55.5 Å². The first-order valence-electron chi connectivity index (χ1n) is 11.0. The number of rotatable bonds is 7. The molecule has 1 fully saturated rings. The number of benzene rings is 1. The molecule has 168 valence electrons. The Morgan fingerprint density at radius 1 is 1.20 bits per heavy atom. The Labute approximate surface area is 180 Å². The zero-order valence-corrected chi connectivity index (χ0v) is 19.2. The normalized spacial score (nSPS) is 24.2. The van der Waals surface area contributed by atoms with Crippen LogP contribution in [0.5, 0.6) is 11.5 Å². The average molecular weight is 420 g/mol. The molecule has 3 rings (SSSR count). The molecule has 6 nitrogen and oxygen atoms in total. The third-order valence-corrected chi connectivity index (χ3v) is 6.48. The van der Waals surface area contributed by atoms with Crippen molar-refractivity contribution in [3.8, 4) is 11.5 Å². The molecule has 1 saturated heterocycles. The molecule has 0 saturated carbocycles. The molecule has 0 bridgehead atoms. The number of hydrogen-bond donors (Lipinski definition) is 1. The Morgan fingerprint density at radius 2 is 1.87 bits per heavy atom. The molecule has 1 N–H and O–H groups in total. The molecule has 1 aromatic rings. The van der Waals surface area contributed by atoms with Crippen LogP contribution in [0.25, 0.3) is 0 Å². The van der Waals surface area contributed by atoms with E-state index in [9.17, 15) is 9.90 Å². The van der Waals surface area contributed by atoms with Crippen LogP contribution in [0, 0.1) is 17.8 Å². The Kier molecular flexibility index (Phi) is 6.98. The lowest BCUT2D eigenvalue weighted by Crippen LogP contribution is -2.48. The number of carbonyl (C=O) groups excluding carboxylic acids is 1. The van der Waals surface area contributed by atoms with Crippen molar-refractivity contribution < 1.29 is 24.1 Å². The second-order valence-corrected chi connectivity index (χ2v) is 9.71. The van der Waals surface area contributed by atoms with E-state index >= 15 is 0 Å². The van der Waals surface area contributed by atoms with Gasteiger partial charge in [0.1, 0.15) is 0 Å². The van der Waals surface area contributed by atoms with Crippen LogP contribution in [0.1, 0.15) is 57.7 Å². The van der Waals surface area contributed by atoms with Gasteiger partial charge in [0.25, 0.3) is 0 Å². The van der Waals surface area contributed by atoms with Crippen LogP contribution in [0.15, 0.2) is 12.1 Å². The number of methoxy groups -OCH3 is 2. The molecule has 2 heterocycles. The summed E-state index contributed by atoms with van der Waals surface area (Å²) < 4.78 is 16.6. The van der Waals surface area contributed by atoms with Gasteiger partial charge in [-0.2, -0.15) is 0 Å². The van der Waals surface area contributed by atoms with E-state index in [4.69, 9.17) is 14.2 Å². The summed E-state index contributed by atoms with van der Waals surface area (Å²) in [6.45, 7) is 9.82. The minimum Gasteiger partial charge on any atom is -0.493 e. The number of nitrogens with zero attached hydrogens (tertiary/aromatic N) is 1. The van der Waals surface area contributed by atoms with E-state index in [1.54, 1.807) is 14.2 Å². The Bertz CT molecular complexity index is 755. The van der Waals surface area contributed by atoms with Crippen LogP contribution in [-0.2, 0) is 16.0 Å². The van der Waals surface area contributed by atoms with E-state index in [0.29, 0.717) is 18.4 Å². The number of carbonyl (C=O) groups is 1. The zero-order valence-electron chi connectivity index (χ0n) is 19.2. The van der Waals surface area contributed by atoms with Crippen LogP contribution in [0.2, 0.25) is 0 Å². The van der Waals surface area contributed by atoms with Gasteiger partial charge in [0.15, 0.2) is 17.1 Å². The fraction of sp³-hybridized carbons (Fsp3) is 0.708. The van der Waals surface area contributed by atoms with E-state index in [0.717, 1.165) is 43.9 Å². The molecule has 0 radical (unpaired) electrons. The van der Waals surface area contributed by atoms with Gasteiger partial charge in [0, 0.05) is 19.1 Å². The second-order valence-electron chi connectivity index (χ2n) is 9.71. The summed E-state index contributed by atoms with van der Waals surface area (Å²) in [6, 6.07) is 4.51. The van der Waals surface area contributed by atoms with Crippen molar-refractivity contribution >= 4 is 5.97 Å². The summed E-state index contributed by atoms with van der Waals surface area (Å²) in [5.41, 5.74) is 1.14. The van der Waals surface area contributed by atoms with Crippen molar-refractivity contribution in [3.05, 3.63) is 23.3 Å². The quantitative estimate of drug-likeness (QED) is 0.681. The van der Waals surface area contributed by atoms with Crippen LogP contribution in [0.4, 0.5) is 0 Å². The fourth-order valence-electron chi connectivity index (χ4n) is 4.94. The molecule has 30 heavy (non-hydrogen) atoms. The Balaban J connectivity index is 1.84. The molecule has 0 amide bonds. The van der Waals surface area contributed by atoms with Gasteiger partial charge in [-0.15, -0.1) is 0 Å². The minimum atomic E-state index is -1.46. The lowest BCUT2D eigenvalue weighted by molar-refractivity contribution is -0.165. The maximum Gasteiger partial charge on any atom is 0.337 e. The van der Waals surface area contributed by atoms with Gasteiger partial charge >= 0.3 is 5.97 Å². The molecule has 1 aromatic carbocycles. The molecular formula is C24H37NO5. The predicted molar refractivity (Wildman–Crippen MR) is 116 cm³/mol. The molecule has 2 aliphatic heterocycles. The van der Waals surface area contributed by atoms with Gasteiger partial charge in [-0.25, -0.2) is 4.79 Å². The van der Waals surface area contributed by atoms with Crippen LogP contribution < -0.4 is 9.47 Å². The monoisotopic (exact) mass is 419 g/mol. The van der Waals surface area contributed by atoms with Crippen molar-refractivity contribution in [1.82, 2.24) is 4.90 Å². The fourth-order valence-corrected chi connectivity index (χ4v) is 4.94. The third-order valence-electron chi connectivity index (χ3n) is 6.48. The highest BCUT2D eigenvalue weighted by Gasteiger charge is 2.40. The van der Waals surface area contributed by atoms with E-state index in [-0.39, 0.29) is 12.0 Å². The first kappa shape index (κ1) is 22.9. The molecule has 6 heteroatoms. The van der Waals surface area contributed by atoms with Gasteiger partial charge in [-0.05, 0) is 74.1 Å². The summed E-state index contributed by atoms with van der Waals surface area (Å²) in [5, 5.41) is 9.94. The first-order valence-corrected chi connectivity index (χ1v) is 11.0. The van der Waals surface area contributed by atoms with Gasteiger partial charge in [0.2, 0.25) is 0 Å². The standard InChI is InChI=1S/C24H37NO5/c1-15(2)9-17-13-25-8-7-16-11-21(28-5)22(29-6)12-19(16)20(25)10-18(17)14-30-23(26)24(3,4)27/h11-12,15,17-18,20,27H,7-10,13-14H2,1-6H3. The van der Waals surface area contributed by atoms with Crippen molar-refractivity contribution in [2.24, 2.45) is 17.8 Å². The van der Waals surface area contributed by atoms with Gasteiger partial charge in [0.05, 0.1) is 20.8 Å². The van der Waals surface area contributed by atoms with Crippen molar-refractivity contribution in [3.63, 3.8) is 0 Å². The van der Waals surface area contributed by atoms with Crippen molar-refractivity contribution in [1.29, 1.82) is 0 Å². The minimum absolute atomic E-state index is 0.263. The van der Waals surface area contributed by atoms with E-state index in [1.807, 2.05) is 0 Å². The number of piperidine rings is 1. The topological polar surface area (TPSA) is 68.2 Å². The number of ether oxygens (including phenoxy) is 3. The molecule has 0 aromatic heterocycles.